The highest BCUT2D eigenvalue weighted by molar-refractivity contribution is 5.69. The molecule has 3 aromatic carbocycles. The molecule has 0 radical (unpaired) electrons. The van der Waals surface area contributed by atoms with E-state index < -0.39 is 11.8 Å². The third-order valence-electron chi connectivity index (χ3n) is 5.44. The Morgan fingerprint density at radius 2 is 1.72 bits per heavy atom. The molecular weight excluding hydrogens is 406 g/mol. The van der Waals surface area contributed by atoms with Crippen molar-refractivity contribution in [1.82, 2.24) is 4.90 Å². The first-order chi connectivity index (χ1) is 15.4. The maximum absolute atomic E-state index is 13.0. The Hall–Kier alpha value is -3.51. The van der Waals surface area contributed by atoms with Gasteiger partial charge in [-0.25, -0.2) is 4.79 Å². The molecule has 0 spiro atoms. The summed E-state index contributed by atoms with van der Waals surface area (Å²) in [4.78, 5) is 14.6. The summed E-state index contributed by atoms with van der Waals surface area (Å²) < 4.78 is 17.3. The molecule has 0 unspecified atom stereocenters. The van der Waals surface area contributed by atoms with Crippen LogP contribution in [0.3, 0.4) is 0 Å². The number of phenolic OH excluding ortho intramolecular Hbond substituents is 1. The van der Waals surface area contributed by atoms with E-state index in [1.54, 1.807) is 17.0 Å². The zero-order valence-electron chi connectivity index (χ0n) is 18.2. The maximum Gasteiger partial charge on any atom is 0.412 e. The average molecular weight is 434 g/mol. The van der Waals surface area contributed by atoms with Crippen molar-refractivity contribution in [3.05, 3.63) is 90.0 Å². The minimum atomic E-state index is -0.779. The van der Waals surface area contributed by atoms with E-state index in [2.05, 4.69) is 0 Å². The van der Waals surface area contributed by atoms with E-state index >= 15 is 0 Å². The lowest BCUT2D eigenvalue weighted by molar-refractivity contribution is -0.0491. The van der Waals surface area contributed by atoms with E-state index in [-0.39, 0.29) is 18.4 Å². The van der Waals surface area contributed by atoms with E-state index in [9.17, 15) is 9.90 Å². The number of aromatic hydroxyl groups is 1. The van der Waals surface area contributed by atoms with Crippen LogP contribution in [-0.2, 0) is 22.5 Å². The molecule has 6 nitrogen and oxygen atoms in total. The summed E-state index contributed by atoms with van der Waals surface area (Å²) in [5, 5.41) is 10.2. The Labute approximate surface area is 188 Å². The number of ether oxygens (including phenoxy) is 3. The minimum absolute atomic E-state index is 0.0553. The largest absolute Gasteiger partial charge is 0.504 e. The molecule has 32 heavy (non-hydrogen) atoms. The second-order valence-electron chi connectivity index (χ2n) is 8.24. The van der Waals surface area contributed by atoms with Crippen LogP contribution in [0.15, 0.2) is 78.9 Å². The smallest absolute Gasteiger partial charge is 0.412 e. The number of hydrogen-bond acceptors (Lipinski definition) is 5. The maximum atomic E-state index is 13.0. The number of benzene rings is 3. The van der Waals surface area contributed by atoms with Crippen LogP contribution in [0.25, 0.3) is 0 Å². The Kier molecular flexibility index (Phi) is 6.32. The van der Waals surface area contributed by atoms with Crippen molar-refractivity contribution < 1.29 is 24.1 Å². The topological polar surface area (TPSA) is 68.2 Å². The summed E-state index contributed by atoms with van der Waals surface area (Å²) in [6.07, 6.45) is 0.121. The number of carbonyl (C=O) groups excluding carboxylic acids is 1. The van der Waals surface area contributed by atoms with E-state index in [0.29, 0.717) is 24.5 Å². The monoisotopic (exact) mass is 433 g/mol. The summed E-state index contributed by atoms with van der Waals surface area (Å²) in [5.74, 6) is 1.06. The highest BCUT2D eigenvalue weighted by atomic mass is 16.6. The summed E-state index contributed by atoms with van der Waals surface area (Å²) >= 11 is 0. The second kappa shape index (κ2) is 9.32. The Bertz CT molecular complexity index is 1050. The molecule has 4 rings (SSSR count). The SMILES string of the molecule is CC1(C)OC[C@H](Cc2ccc(O)c(Oc3ccccc3)c2)N1C(=O)OCc1ccccc1. The highest BCUT2D eigenvalue weighted by Gasteiger charge is 2.44. The van der Waals surface area contributed by atoms with Crippen molar-refractivity contribution in [2.24, 2.45) is 0 Å². The highest BCUT2D eigenvalue weighted by Crippen LogP contribution is 2.34. The van der Waals surface area contributed by atoms with Crippen LogP contribution in [0.1, 0.15) is 25.0 Å². The van der Waals surface area contributed by atoms with Crippen LogP contribution in [0.2, 0.25) is 0 Å². The van der Waals surface area contributed by atoms with Crippen LogP contribution in [-0.4, -0.2) is 34.5 Å². The van der Waals surface area contributed by atoms with E-state index in [1.165, 1.54) is 0 Å². The normalized spacial score (nSPS) is 17.2. The molecule has 0 saturated carbocycles. The van der Waals surface area contributed by atoms with Gasteiger partial charge in [0.1, 0.15) is 18.1 Å². The molecule has 0 aromatic heterocycles. The van der Waals surface area contributed by atoms with Crippen molar-refractivity contribution in [1.29, 1.82) is 0 Å². The molecule has 0 aliphatic carbocycles. The van der Waals surface area contributed by atoms with Gasteiger partial charge in [-0.05, 0) is 55.7 Å². The molecule has 1 saturated heterocycles. The number of phenols is 1. The zero-order valence-corrected chi connectivity index (χ0v) is 18.2. The summed E-state index contributed by atoms with van der Waals surface area (Å²) in [6, 6.07) is 23.9. The second-order valence-corrected chi connectivity index (χ2v) is 8.24. The number of amides is 1. The molecule has 1 aliphatic rings. The van der Waals surface area contributed by atoms with E-state index in [4.69, 9.17) is 14.2 Å². The lowest BCUT2D eigenvalue weighted by Gasteiger charge is -2.32. The molecule has 1 heterocycles. The van der Waals surface area contributed by atoms with Crippen LogP contribution in [0, 0.1) is 0 Å². The van der Waals surface area contributed by atoms with Gasteiger partial charge in [0.05, 0.1) is 12.6 Å². The quantitative estimate of drug-likeness (QED) is 0.556. The first kappa shape index (κ1) is 21.7. The summed E-state index contributed by atoms with van der Waals surface area (Å²) in [7, 11) is 0. The lowest BCUT2D eigenvalue weighted by Crippen LogP contribution is -2.48. The zero-order chi connectivity index (χ0) is 22.6. The number of nitrogens with zero attached hydrogens (tertiary/aromatic N) is 1. The molecule has 3 aromatic rings. The molecule has 0 bridgehead atoms. The fourth-order valence-electron chi connectivity index (χ4n) is 3.85. The van der Waals surface area contributed by atoms with Crippen molar-refractivity contribution in [2.45, 2.75) is 38.6 Å². The number of carbonyl (C=O) groups is 1. The summed E-state index contributed by atoms with van der Waals surface area (Å²) in [6.45, 7) is 4.31. The molecule has 1 atom stereocenters. The van der Waals surface area contributed by atoms with Crippen LogP contribution >= 0.6 is 0 Å². The predicted molar refractivity (Wildman–Crippen MR) is 121 cm³/mol. The Morgan fingerprint density at radius 1 is 1.03 bits per heavy atom. The molecule has 6 heteroatoms. The first-order valence-corrected chi connectivity index (χ1v) is 10.6. The van der Waals surface area contributed by atoms with Gasteiger partial charge in [0.25, 0.3) is 0 Å². The predicted octanol–water partition coefficient (Wildman–Crippen LogP) is 5.50. The number of para-hydroxylation sites is 1. The average Bonchev–Trinajstić information content (AvgIpc) is 3.09. The third kappa shape index (κ3) is 5.03. The fourth-order valence-corrected chi connectivity index (χ4v) is 3.85. The molecule has 1 amide bonds. The molecular formula is C26H27NO5. The van der Waals surface area contributed by atoms with Crippen molar-refractivity contribution >= 4 is 6.09 Å². The standard InChI is InChI=1S/C26H27NO5/c1-26(2)27(25(29)30-17-19-9-5-3-6-10-19)21(18-31-26)15-20-13-14-23(28)24(16-20)32-22-11-7-4-8-12-22/h3-14,16,21,28H,15,17-18H2,1-2H3/t21-/m0/s1. The van der Waals surface area contributed by atoms with Crippen LogP contribution in [0.5, 0.6) is 17.2 Å². The van der Waals surface area contributed by atoms with Crippen molar-refractivity contribution in [3.8, 4) is 17.2 Å². The van der Waals surface area contributed by atoms with Gasteiger partial charge in [-0.2, -0.15) is 0 Å². The van der Waals surface area contributed by atoms with Crippen molar-refractivity contribution in [2.75, 3.05) is 6.61 Å². The minimum Gasteiger partial charge on any atom is -0.504 e. The van der Waals surface area contributed by atoms with Gasteiger partial charge < -0.3 is 19.3 Å². The Balaban J connectivity index is 1.47. The van der Waals surface area contributed by atoms with Crippen LogP contribution in [0.4, 0.5) is 4.79 Å². The Morgan fingerprint density at radius 3 is 2.44 bits per heavy atom. The van der Waals surface area contributed by atoms with Gasteiger partial charge >= 0.3 is 6.09 Å². The van der Waals surface area contributed by atoms with Gasteiger partial charge in [-0.1, -0.05) is 54.6 Å². The van der Waals surface area contributed by atoms with Gasteiger partial charge in [-0.3, -0.25) is 4.90 Å². The van der Waals surface area contributed by atoms with Crippen LogP contribution < -0.4 is 4.74 Å². The molecule has 1 fully saturated rings. The molecule has 1 aliphatic heterocycles. The first-order valence-electron chi connectivity index (χ1n) is 10.6. The fraction of sp³-hybridized carbons (Fsp3) is 0.269. The number of rotatable bonds is 6. The van der Waals surface area contributed by atoms with Gasteiger partial charge in [0.15, 0.2) is 11.5 Å². The van der Waals surface area contributed by atoms with Gasteiger partial charge in [-0.15, -0.1) is 0 Å². The summed E-state index contributed by atoms with van der Waals surface area (Å²) in [5.41, 5.74) is 1.07. The van der Waals surface area contributed by atoms with E-state index in [0.717, 1.165) is 11.1 Å². The van der Waals surface area contributed by atoms with Gasteiger partial charge in [0, 0.05) is 0 Å². The lowest BCUT2D eigenvalue weighted by atomic mass is 10.0. The number of hydrogen-bond donors (Lipinski definition) is 1. The third-order valence-corrected chi connectivity index (χ3v) is 5.44. The van der Waals surface area contributed by atoms with Gasteiger partial charge in [0.2, 0.25) is 0 Å². The molecule has 166 valence electrons. The van der Waals surface area contributed by atoms with E-state index in [1.807, 2.05) is 80.6 Å². The van der Waals surface area contributed by atoms with Crippen molar-refractivity contribution in [3.63, 3.8) is 0 Å². The molecule has 1 N–H and O–H groups in total.